The molecule has 0 saturated carbocycles. The van der Waals surface area contributed by atoms with Crippen molar-refractivity contribution >= 4 is 22.6 Å². The molecule has 3 N–H and O–H groups in total. The van der Waals surface area contributed by atoms with Crippen molar-refractivity contribution in [3.63, 3.8) is 0 Å². The van der Waals surface area contributed by atoms with E-state index in [-0.39, 0.29) is 18.1 Å². The minimum atomic E-state index is 0.0527. The first-order chi connectivity index (χ1) is 12.6. The van der Waals surface area contributed by atoms with E-state index < -0.39 is 0 Å². The number of hydrogen-bond acceptors (Lipinski definition) is 4. The van der Waals surface area contributed by atoms with Crippen LogP contribution in [-0.4, -0.2) is 51.4 Å². The molecule has 1 amide bonds. The number of nitrogens with zero attached hydrogens (tertiary/aromatic N) is 3. The van der Waals surface area contributed by atoms with E-state index >= 15 is 0 Å². The van der Waals surface area contributed by atoms with Gasteiger partial charge in [-0.25, -0.2) is 0 Å². The molecule has 0 bridgehead atoms. The zero-order valence-corrected chi connectivity index (χ0v) is 14.8. The van der Waals surface area contributed by atoms with Gasteiger partial charge in [0.15, 0.2) is 0 Å². The summed E-state index contributed by atoms with van der Waals surface area (Å²) in [5.41, 5.74) is 7.78. The molecule has 7 heteroatoms. The van der Waals surface area contributed by atoms with Crippen LogP contribution in [0.25, 0.3) is 10.9 Å². The molecule has 3 aromatic rings. The van der Waals surface area contributed by atoms with E-state index in [1.54, 1.807) is 17.9 Å². The normalized spacial score (nSPS) is 20.1. The number of hydrogen-bond donors (Lipinski definition) is 2. The number of aromatic nitrogens is 3. The highest BCUT2D eigenvalue weighted by Crippen LogP contribution is 2.24. The Bertz CT molecular complexity index is 915. The molecule has 1 aliphatic heterocycles. The van der Waals surface area contributed by atoms with Gasteiger partial charge < -0.3 is 20.4 Å². The molecule has 3 heterocycles. The first-order valence-corrected chi connectivity index (χ1v) is 8.80. The lowest BCUT2D eigenvalue weighted by Crippen LogP contribution is -2.39. The second kappa shape index (κ2) is 6.84. The van der Waals surface area contributed by atoms with Gasteiger partial charge in [-0.15, -0.1) is 0 Å². The molecule has 0 aliphatic carbocycles. The monoisotopic (exact) mass is 353 g/mol. The highest BCUT2D eigenvalue weighted by Gasteiger charge is 2.35. The van der Waals surface area contributed by atoms with Crippen molar-refractivity contribution in [1.29, 1.82) is 0 Å². The number of nitrogens with one attached hydrogen (secondary N) is 1. The third-order valence-electron chi connectivity index (χ3n) is 5.11. The van der Waals surface area contributed by atoms with Gasteiger partial charge in [-0.1, -0.05) is 18.2 Å². The average Bonchev–Trinajstić information content (AvgIpc) is 3.35. The number of rotatable bonds is 5. The van der Waals surface area contributed by atoms with Gasteiger partial charge in [-0.05, 0) is 24.1 Å². The number of nitrogens with two attached hydrogens (primary N) is 1. The van der Waals surface area contributed by atoms with Crippen LogP contribution in [0.1, 0.15) is 12.0 Å². The van der Waals surface area contributed by atoms with Gasteiger partial charge in [0.1, 0.15) is 5.82 Å². The fraction of sp³-hybridized carbons (Fsp3) is 0.368. The van der Waals surface area contributed by atoms with E-state index in [1.807, 2.05) is 41.6 Å². The first kappa shape index (κ1) is 16.7. The fourth-order valence-corrected chi connectivity index (χ4v) is 3.76. The third kappa shape index (κ3) is 3.17. The number of likely N-dealkylation sites (tertiary alicyclic amines) is 1. The van der Waals surface area contributed by atoms with Crippen LogP contribution in [0.15, 0.2) is 42.7 Å². The topological polar surface area (TPSA) is 89.2 Å². The number of para-hydroxylation sites is 1. The number of anilines is 1. The first-order valence-electron chi connectivity index (χ1n) is 8.80. The molecular weight excluding hydrogens is 330 g/mol. The largest absolute Gasteiger partial charge is 0.382 e. The van der Waals surface area contributed by atoms with E-state index in [4.69, 9.17) is 10.5 Å². The zero-order chi connectivity index (χ0) is 18.1. The maximum absolute atomic E-state index is 13.0. The average molecular weight is 353 g/mol. The Morgan fingerprint density at radius 2 is 2.23 bits per heavy atom. The Morgan fingerprint density at radius 1 is 1.38 bits per heavy atom. The molecule has 0 unspecified atom stereocenters. The molecular formula is C19H23N5O2. The Kier molecular flexibility index (Phi) is 4.38. The van der Waals surface area contributed by atoms with Crippen LogP contribution in [0.4, 0.5) is 5.82 Å². The molecule has 136 valence electrons. The number of H-pyrrole nitrogens is 1. The van der Waals surface area contributed by atoms with Crippen molar-refractivity contribution in [2.45, 2.75) is 31.5 Å². The molecule has 7 nitrogen and oxygen atoms in total. The number of fused-ring (bicyclic) bond motifs is 1. The number of aromatic amines is 1. The second-order valence-corrected chi connectivity index (χ2v) is 6.79. The van der Waals surface area contributed by atoms with Gasteiger partial charge in [-0.2, -0.15) is 5.10 Å². The minimum Gasteiger partial charge on any atom is -0.382 e. The second-order valence-electron chi connectivity index (χ2n) is 6.79. The number of carbonyl (C=O) groups excluding carboxylic acids is 1. The van der Waals surface area contributed by atoms with Crippen LogP contribution in [-0.2, 0) is 22.5 Å². The molecule has 0 spiro atoms. The van der Waals surface area contributed by atoms with Crippen molar-refractivity contribution in [3.8, 4) is 0 Å². The Labute approximate surface area is 151 Å². The molecule has 1 fully saturated rings. The van der Waals surface area contributed by atoms with Gasteiger partial charge in [0.2, 0.25) is 5.91 Å². The molecule has 1 aromatic carbocycles. The van der Waals surface area contributed by atoms with Crippen LogP contribution in [0.3, 0.4) is 0 Å². The summed E-state index contributed by atoms with van der Waals surface area (Å²) in [7, 11) is 1.70. The minimum absolute atomic E-state index is 0.0527. The highest BCUT2D eigenvalue weighted by atomic mass is 16.5. The number of nitrogen functional groups attached to an aromatic ring is 1. The van der Waals surface area contributed by atoms with Crippen molar-refractivity contribution in [1.82, 2.24) is 19.7 Å². The summed E-state index contributed by atoms with van der Waals surface area (Å²) >= 11 is 0. The quantitative estimate of drug-likeness (QED) is 0.732. The molecule has 4 rings (SSSR count). The predicted molar refractivity (Wildman–Crippen MR) is 99.6 cm³/mol. The van der Waals surface area contributed by atoms with Crippen molar-refractivity contribution < 1.29 is 9.53 Å². The molecule has 1 saturated heterocycles. The molecule has 2 aromatic heterocycles. The van der Waals surface area contributed by atoms with E-state index in [0.29, 0.717) is 25.3 Å². The highest BCUT2D eigenvalue weighted by molar-refractivity contribution is 5.89. The van der Waals surface area contributed by atoms with E-state index in [9.17, 15) is 4.79 Å². The lowest BCUT2D eigenvalue weighted by molar-refractivity contribution is -0.131. The molecule has 0 radical (unpaired) electrons. The summed E-state index contributed by atoms with van der Waals surface area (Å²) in [6.07, 6.45) is 5.00. The molecule has 1 aliphatic rings. The number of carbonyl (C=O) groups is 1. The summed E-state index contributed by atoms with van der Waals surface area (Å²) in [6, 6.07) is 9.86. The van der Waals surface area contributed by atoms with Crippen molar-refractivity contribution in [3.05, 3.63) is 48.3 Å². The van der Waals surface area contributed by atoms with Crippen molar-refractivity contribution in [2.75, 3.05) is 19.4 Å². The maximum atomic E-state index is 13.0. The van der Waals surface area contributed by atoms with Crippen LogP contribution < -0.4 is 5.73 Å². The Morgan fingerprint density at radius 3 is 3.00 bits per heavy atom. The predicted octanol–water partition coefficient (Wildman–Crippen LogP) is 1.81. The lowest BCUT2D eigenvalue weighted by Gasteiger charge is -2.24. The number of methoxy groups -OCH3 is 1. The van der Waals surface area contributed by atoms with E-state index in [1.165, 1.54) is 0 Å². The van der Waals surface area contributed by atoms with Crippen LogP contribution in [0.2, 0.25) is 0 Å². The van der Waals surface area contributed by atoms with Crippen LogP contribution in [0, 0.1) is 0 Å². The smallest absolute Gasteiger partial charge is 0.227 e. The van der Waals surface area contributed by atoms with Crippen LogP contribution >= 0.6 is 0 Å². The van der Waals surface area contributed by atoms with Gasteiger partial charge in [0, 0.05) is 37.0 Å². The summed E-state index contributed by atoms with van der Waals surface area (Å²) in [5, 5.41) is 5.34. The van der Waals surface area contributed by atoms with E-state index in [0.717, 1.165) is 22.9 Å². The van der Waals surface area contributed by atoms with Gasteiger partial charge in [0.05, 0.1) is 25.1 Å². The maximum Gasteiger partial charge on any atom is 0.227 e. The van der Waals surface area contributed by atoms with Crippen molar-refractivity contribution in [2.24, 2.45) is 0 Å². The summed E-state index contributed by atoms with van der Waals surface area (Å²) in [5.74, 6) is 0.599. The Hall–Kier alpha value is -2.80. The Balaban J connectivity index is 1.52. The standard InChI is InChI=1S/C19H23N5O2/c1-26-15-9-14(11-23-7-6-18(20)22-23)24(12-15)19(25)8-13-10-21-17-5-3-2-4-16(13)17/h2-7,10,14-15,21H,8-9,11-12H2,1H3,(H2,20,22)/t14-,15+/m0/s1. The van der Waals surface area contributed by atoms with E-state index in [2.05, 4.69) is 10.1 Å². The lowest BCUT2D eigenvalue weighted by atomic mass is 10.1. The number of benzene rings is 1. The summed E-state index contributed by atoms with van der Waals surface area (Å²) in [6.45, 7) is 1.23. The summed E-state index contributed by atoms with van der Waals surface area (Å²) in [4.78, 5) is 18.2. The molecule has 2 atom stereocenters. The summed E-state index contributed by atoms with van der Waals surface area (Å²) < 4.78 is 7.31. The number of amides is 1. The van der Waals surface area contributed by atoms with Gasteiger partial charge in [-0.3, -0.25) is 9.48 Å². The zero-order valence-electron chi connectivity index (χ0n) is 14.8. The van der Waals surface area contributed by atoms with Crippen LogP contribution in [0.5, 0.6) is 0 Å². The van der Waals surface area contributed by atoms with Gasteiger partial charge in [0.25, 0.3) is 0 Å². The fourth-order valence-electron chi connectivity index (χ4n) is 3.76. The number of ether oxygens (including phenoxy) is 1. The third-order valence-corrected chi connectivity index (χ3v) is 5.11. The molecule has 26 heavy (non-hydrogen) atoms. The SMILES string of the molecule is CO[C@@H]1C[C@@H](Cn2ccc(N)n2)N(C(=O)Cc2c[nH]c3ccccc23)C1. The van der Waals surface area contributed by atoms with Gasteiger partial charge >= 0.3 is 0 Å².